The lowest BCUT2D eigenvalue weighted by molar-refractivity contribution is -0.140. The van der Waals surface area contributed by atoms with Gasteiger partial charge in [0, 0.05) is 25.2 Å². The van der Waals surface area contributed by atoms with Crippen LogP contribution in [0.4, 0.5) is 0 Å². The lowest BCUT2D eigenvalue weighted by Crippen LogP contribution is -2.36. The maximum absolute atomic E-state index is 11.4. The van der Waals surface area contributed by atoms with Crippen molar-refractivity contribution >= 4 is 11.9 Å². The average Bonchev–Trinajstić information content (AvgIpc) is 2.60. The summed E-state index contributed by atoms with van der Waals surface area (Å²) in [7, 11) is 0. The van der Waals surface area contributed by atoms with Gasteiger partial charge >= 0.3 is 11.9 Å². The molecule has 0 amide bonds. The highest BCUT2D eigenvalue weighted by molar-refractivity contribution is 5.91. The molecule has 0 aromatic carbocycles. The first kappa shape index (κ1) is 20.6. The molecule has 0 atom stereocenters. The van der Waals surface area contributed by atoms with E-state index in [1.807, 2.05) is 6.92 Å². The van der Waals surface area contributed by atoms with Gasteiger partial charge in [0.25, 0.3) is 0 Å². The van der Waals surface area contributed by atoms with E-state index in [1.165, 1.54) is 0 Å². The molecule has 0 N–H and O–H groups in total. The maximum Gasteiger partial charge on any atom is 0.331 e. The Bertz CT molecular complexity index is 378. The number of carbonyl (C=O) groups is 2. The number of hydrogen-bond donors (Lipinski definition) is 0. The second kappa shape index (κ2) is 14.0. The molecule has 1 rings (SSSR count). The van der Waals surface area contributed by atoms with E-state index in [4.69, 9.17) is 14.2 Å². The fourth-order valence-corrected chi connectivity index (χ4v) is 2.34. The van der Waals surface area contributed by atoms with Crippen molar-refractivity contribution in [2.45, 2.75) is 45.4 Å². The van der Waals surface area contributed by atoms with Gasteiger partial charge in [-0.15, -0.1) is 0 Å². The molecular weight excluding hydrogens is 310 g/mol. The van der Waals surface area contributed by atoms with Crippen LogP contribution >= 0.6 is 0 Å². The molecule has 0 unspecified atom stereocenters. The molecule has 0 aliphatic carbocycles. The Morgan fingerprint density at radius 3 is 2.12 bits per heavy atom. The highest BCUT2D eigenvalue weighted by Gasteiger charge is 2.08. The van der Waals surface area contributed by atoms with Crippen molar-refractivity contribution in [1.29, 1.82) is 0 Å². The van der Waals surface area contributed by atoms with E-state index in [9.17, 15) is 9.59 Å². The number of hydrogen-bond acceptors (Lipinski definition) is 6. The molecule has 1 aliphatic heterocycles. The topological polar surface area (TPSA) is 65.1 Å². The molecule has 6 heteroatoms. The predicted octanol–water partition coefficient (Wildman–Crippen LogP) is 2.32. The van der Waals surface area contributed by atoms with E-state index in [-0.39, 0.29) is 0 Å². The SMILES string of the molecule is CCCCOC(=O)/C=C/C(=O)OCCCCCCN1CCOCC1. The molecule has 1 fully saturated rings. The smallest absolute Gasteiger partial charge is 0.331 e. The molecule has 24 heavy (non-hydrogen) atoms. The van der Waals surface area contributed by atoms with Crippen LogP contribution in [0, 0.1) is 0 Å². The zero-order valence-electron chi connectivity index (χ0n) is 14.8. The van der Waals surface area contributed by atoms with E-state index < -0.39 is 11.9 Å². The maximum atomic E-state index is 11.4. The van der Waals surface area contributed by atoms with E-state index in [0.717, 1.165) is 83.5 Å². The minimum atomic E-state index is -0.497. The molecule has 1 aliphatic rings. The van der Waals surface area contributed by atoms with Gasteiger partial charge in [0.15, 0.2) is 0 Å². The van der Waals surface area contributed by atoms with Gasteiger partial charge in [-0.1, -0.05) is 26.2 Å². The van der Waals surface area contributed by atoms with E-state index in [1.54, 1.807) is 0 Å². The highest BCUT2D eigenvalue weighted by atomic mass is 16.5. The molecule has 0 saturated carbocycles. The van der Waals surface area contributed by atoms with Crippen LogP contribution in [0.3, 0.4) is 0 Å². The number of ether oxygens (including phenoxy) is 3. The van der Waals surface area contributed by atoms with Crippen molar-refractivity contribution in [2.24, 2.45) is 0 Å². The molecule has 138 valence electrons. The van der Waals surface area contributed by atoms with Crippen LogP contribution in [0.1, 0.15) is 45.4 Å². The summed E-state index contributed by atoms with van der Waals surface area (Å²) in [5.74, 6) is -0.987. The Morgan fingerprint density at radius 2 is 1.50 bits per heavy atom. The number of unbranched alkanes of at least 4 members (excludes halogenated alkanes) is 4. The monoisotopic (exact) mass is 341 g/mol. The lowest BCUT2D eigenvalue weighted by Gasteiger charge is -2.26. The van der Waals surface area contributed by atoms with Crippen molar-refractivity contribution in [3.63, 3.8) is 0 Å². The van der Waals surface area contributed by atoms with Crippen LogP contribution in [-0.4, -0.2) is 62.9 Å². The van der Waals surface area contributed by atoms with Gasteiger partial charge in [-0.25, -0.2) is 9.59 Å². The molecule has 0 aromatic rings. The number of carbonyl (C=O) groups excluding carboxylic acids is 2. The van der Waals surface area contributed by atoms with Crippen LogP contribution in [0.5, 0.6) is 0 Å². The Labute approximate surface area is 145 Å². The Balaban J connectivity index is 1.92. The van der Waals surface area contributed by atoms with Crippen LogP contribution in [0.2, 0.25) is 0 Å². The summed E-state index contributed by atoms with van der Waals surface area (Å²) >= 11 is 0. The van der Waals surface area contributed by atoms with Gasteiger partial charge in [0.2, 0.25) is 0 Å². The van der Waals surface area contributed by atoms with Gasteiger partial charge in [-0.3, -0.25) is 4.90 Å². The third-order valence-corrected chi connectivity index (χ3v) is 3.81. The predicted molar refractivity (Wildman–Crippen MR) is 91.7 cm³/mol. The summed E-state index contributed by atoms with van der Waals surface area (Å²) in [4.78, 5) is 25.1. The third kappa shape index (κ3) is 11.2. The normalized spacial score (nSPS) is 15.5. The average molecular weight is 341 g/mol. The van der Waals surface area contributed by atoms with Gasteiger partial charge < -0.3 is 14.2 Å². The zero-order chi connectivity index (χ0) is 17.5. The van der Waals surface area contributed by atoms with E-state index >= 15 is 0 Å². The molecule has 0 radical (unpaired) electrons. The van der Waals surface area contributed by atoms with Gasteiger partial charge in [0.1, 0.15) is 0 Å². The van der Waals surface area contributed by atoms with Crippen molar-refractivity contribution < 1.29 is 23.8 Å². The number of rotatable bonds is 12. The summed E-state index contributed by atoms with van der Waals surface area (Å²) in [5.41, 5.74) is 0. The Morgan fingerprint density at radius 1 is 0.917 bits per heavy atom. The molecule has 6 nitrogen and oxygen atoms in total. The summed E-state index contributed by atoms with van der Waals surface area (Å²) in [6, 6.07) is 0. The first-order chi connectivity index (χ1) is 11.7. The van der Waals surface area contributed by atoms with Crippen molar-refractivity contribution in [2.75, 3.05) is 46.1 Å². The molecule has 0 aromatic heterocycles. The van der Waals surface area contributed by atoms with Gasteiger partial charge in [-0.2, -0.15) is 0 Å². The van der Waals surface area contributed by atoms with E-state index in [0.29, 0.717) is 13.2 Å². The summed E-state index contributed by atoms with van der Waals surface area (Å²) < 4.78 is 15.3. The molecule has 1 saturated heterocycles. The largest absolute Gasteiger partial charge is 0.463 e. The molecule has 0 spiro atoms. The molecular formula is C18H31NO5. The van der Waals surface area contributed by atoms with Crippen molar-refractivity contribution in [1.82, 2.24) is 4.90 Å². The van der Waals surface area contributed by atoms with Crippen LogP contribution < -0.4 is 0 Å². The highest BCUT2D eigenvalue weighted by Crippen LogP contribution is 2.04. The summed E-state index contributed by atoms with van der Waals surface area (Å²) in [6.07, 6.45) is 8.24. The zero-order valence-corrected chi connectivity index (χ0v) is 14.8. The first-order valence-corrected chi connectivity index (χ1v) is 9.04. The first-order valence-electron chi connectivity index (χ1n) is 9.04. The Kier molecular flexibility index (Phi) is 12.0. The van der Waals surface area contributed by atoms with Gasteiger partial charge in [-0.05, 0) is 25.8 Å². The number of esters is 2. The molecule has 1 heterocycles. The van der Waals surface area contributed by atoms with Crippen molar-refractivity contribution in [3.05, 3.63) is 12.2 Å². The quantitative estimate of drug-likeness (QED) is 0.308. The standard InChI is InChI=1S/C18H31NO5/c1-2-3-13-23-17(20)8-9-18(21)24-14-7-5-4-6-10-19-11-15-22-16-12-19/h8-9H,2-7,10-16H2,1H3/b9-8+. The minimum Gasteiger partial charge on any atom is -0.463 e. The second-order valence-electron chi connectivity index (χ2n) is 5.89. The minimum absolute atomic E-state index is 0.388. The fourth-order valence-electron chi connectivity index (χ4n) is 2.34. The van der Waals surface area contributed by atoms with Gasteiger partial charge in [0.05, 0.1) is 26.4 Å². The third-order valence-electron chi connectivity index (χ3n) is 3.81. The Hall–Kier alpha value is -1.40. The van der Waals surface area contributed by atoms with Crippen molar-refractivity contribution in [3.8, 4) is 0 Å². The fraction of sp³-hybridized carbons (Fsp3) is 0.778. The summed E-state index contributed by atoms with van der Waals surface area (Å²) in [5, 5.41) is 0. The molecule has 0 bridgehead atoms. The number of nitrogens with zero attached hydrogens (tertiary/aromatic N) is 1. The van der Waals surface area contributed by atoms with Crippen LogP contribution in [0.15, 0.2) is 12.2 Å². The number of morpholine rings is 1. The second-order valence-corrected chi connectivity index (χ2v) is 5.89. The van der Waals surface area contributed by atoms with Crippen LogP contribution in [0.25, 0.3) is 0 Å². The lowest BCUT2D eigenvalue weighted by atomic mass is 10.2. The van der Waals surface area contributed by atoms with Crippen LogP contribution in [-0.2, 0) is 23.8 Å². The van der Waals surface area contributed by atoms with E-state index in [2.05, 4.69) is 4.90 Å². The summed E-state index contributed by atoms with van der Waals surface area (Å²) in [6.45, 7) is 7.67.